The van der Waals surface area contributed by atoms with E-state index >= 15 is 0 Å². The summed E-state index contributed by atoms with van der Waals surface area (Å²) in [7, 11) is 0. The van der Waals surface area contributed by atoms with Gasteiger partial charge in [0.15, 0.2) is 0 Å². The van der Waals surface area contributed by atoms with Crippen molar-refractivity contribution < 1.29 is 4.39 Å². The summed E-state index contributed by atoms with van der Waals surface area (Å²) in [5.41, 5.74) is 0.943. The van der Waals surface area contributed by atoms with Crippen molar-refractivity contribution in [1.29, 1.82) is 10.5 Å². The van der Waals surface area contributed by atoms with Gasteiger partial charge in [0.1, 0.15) is 23.5 Å². The van der Waals surface area contributed by atoms with E-state index in [0.717, 1.165) is 5.56 Å². The van der Waals surface area contributed by atoms with Gasteiger partial charge in [0, 0.05) is 10.9 Å². The summed E-state index contributed by atoms with van der Waals surface area (Å²) in [6.07, 6.45) is 1.23. The summed E-state index contributed by atoms with van der Waals surface area (Å²) in [5, 5.41) is 17.6. The highest BCUT2D eigenvalue weighted by Gasteiger charge is 2.02. The smallest absolute Gasteiger partial charge is 0.130 e. The van der Waals surface area contributed by atoms with E-state index in [9.17, 15) is 4.39 Å². The Hall–Kier alpha value is -1.65. The molecule has 0 radical (unpaired) electrons. The number of halogens is 2. The maximum atomic E-state index is 13.4. The molecule has 0 saturated carbocycles. The van der Waals surface area contributed by atoms with Crippen molar-refractivity contribution in [1.82, 2.24) is 0 Å². The molecule has 0 aliphatic heterocycles. The maximum absolute atomic E-state index is 13.4. The molecule has 4 heteroatoms. The molecule has 15 heavy (non-hydrogen) atoms. The number of nitriles is 2. The second-order valence-corrected chi connectivity index (χ2v) is 3.33. The van der Waals surface area contributed by atoms with Crippen molar-refractivity contribution in [3.63, 3.8) is 0 Å². The molecule has 74 valence electrons. The third-order valence-electron chi connectivity index (χ3n) is 1.76. The van der Waals surface area contributed by atoms with Crippen molar-refractivity contribution in [3.05, 3.63) is 40.7 Å². The molecule has 2 nitrogen and oxygen atoms in total. The SMILES string of the molecule is N#CC(C#N)=Cc1ccc(CBr)cc1F. The second kappa shape index (κ2) is 5.29. The van der Waals surface area contributed by atoms with Crippen LogP contribution in [0.15, 0.2) is 23.8 Å². The number of allylic oxidation sites excluding steroid dienone is 1. The van der Waals surface area contributed by atoms with Gasteiger partial charge in [-0.3, -0.25) is 0 Å². The Labute approximate surface area is 95.4 Å². The highest BCUT2D eigenvalue weighted by Crippen LogP contribution is 2.15. The van der Waals surface area contributed by atoms with Crippen LogP contribution in [0.2, 0.25) is 0 Å². The van der Waals surface area contributed by atoms with E-state index in [4.69, 9.17) is 10.5 Å². The molecule has 0 unspecified atom stereocenters. The van der Waals surface area contributed by atoms with Crippen molar-refractivity contribution in [2.75, 3.05) is 0 Å². The first-order chi connectivity index (χ1) is 7.21. The Bertz CT molecular complexity index is 464. The van der Waals surface area contributed by atoms with Gasteiger partial charge < -0.3 is 0 Å². The zero-order valence-corrected chi connectivity index (χ0v) is 9.25. The van der Waals surface area contributed by atoms with Crippen LogP contribution in [-0.4, -0.2) is 0 Å². The quantitative estimate of drug-likeness (QED) is 0.609. The number of hydrogen-bond donors (Lipinski definition) is 0. The Balaban J connectivity index is 3.14. The molecule has 0 saturated heterocycles. The maximum Gasteiger partial charge on any atom is 0.130 e. The minimum atomic E-state index is -0.435. The summed E-state index contributed by atoms with van der Waals surface area (Å²) >= 11 is 3.21. The Morgan fingerprint density at radius 3 is 2.53 bits per heavy atom. The molecule has 1 aromatic rings. The van der Waals surface area contributed by atoms with E-state index in [1.807, 2.05) is 0 Å². The van der Waals surface area contributed by atoms with Crippen LogP contribution in [0.25, 0.3) is 6.08 Å². The largest absolute Gasteiger partial charge is 0.206 e. The third kappa shape index (κ3) is 2.90. The highest BCUT2D eigenvalue weighted by atomic mass is 79.9. The fourth-order valence-electron chi connectivity index (χ4n) is 1.02. The summed E-state index contributed by atoms with van der Waals surface area (Å²) < 4.78 is 13.4. The van der Waals surface area contributed by atoms with Crippen molar-refractivity contribution >= 4 is 22.0 Å². The molecular weight excluding hydrogens is 259 g/mol. The molecule has 1 rings (SSSR count). The molecule has 0 aromatic heterocycles. The van der Waals surface area contributed by atoms with Crippen LogP contribution < -0.4 is 0 Å². The van der Waals surface area contributed by atoms with Crippen LogP contribution in [0.4, 0.5) is 4.39 Å². The predicted molar refractivity (Wildman–Crippen MR) is 58.2 cm³/mol. The highest BCUT2D eigenvalue weighted by molar-refractivity contribution is 9.08. The standard InChI is InChI=1S/C11H6BrFN2/c12-5-8-1-2-10(11(13)4-8)3-9(6-14)7-15/h1-4H,5H2. The lowest BCUT2D eigenvalue weighted by Gasteiger charge is -1.99. The molecule has 0 aliphatic carbocycles. The first kappa shape index (κ1) is 11.4. The summed E-state index contributed by atoms with van der Waals surface area (Å²) in [6.45, 7) is 0. The zero-order valence-electron chi connectivity index (χ0n) is 7.67. The summed E-state index contributed by atoms with van der Waals surface area (Å²) in [4.78, 5) is 0. The van der Waals surface area contributed by atoms with Gasteiger partial charge in [0.25, 0.3) is 0 Å². The van der Waals surface area contributed by atoms with Gasteiger partial charge in [-0.15, -0.1) is 0 Å². The lowest BCUT2D eigenvalue weighted by molar-refractivity contribution is 0.623. The summed E-state index contributed by atoms with van der Waals surface area (Å²) in [6, 6.07) is 8.00. The van der Waals surface area contributed by atoms with Crippen LogP contribution in [0.1, 0.15) is 11.1 Å². The van der Waals surface area contributed by atoms with Crippen molar-refractivity contribution in [3.8, 4) is 12.1 Å². The Kier molecular flexibility index (Phi) is 4.03. The lowest BCUT2D eigenvalue weighted by Crippen LogP contribution is -1.86. The lowest BCUT2D eigenvalue weighted by atomic mass is 10.1. The van der Waals surface area contributed by atoms with E-state index in [1.54, 1.807) is 24.3 Å². The Morgan fingerprint density at radius 2 is 2.07 bits per heavy atom. The monoisotopic (exact) mass is 264 g/mol. The van der Waals surface area contributed by atoms with Crippen molar-refractivity contribution in [2.24, 2.45) is 0 Å². The van der Waals surface area contributed by atoms with Gasteiger partial charge in [0.2, 0.25) is 0 Å². The predicted octanol–water partition coefficient (Wildman–Crippen LogP) is 3.15. The summed E-state index contributed by atoms with van der Waals surface area (Å²) in [5.74, 6) is -0.435. The molecule has 0 amide bonds. The first-order valence-electron chi connectivity index (χ1n) is 4.07. The number of rotatable bonds is 2. The van der Waals surface area contributed by atoms with E-state index in [0.29, 0.717) is 5.33 Å². The van der Waals surface area contributed by atoms with Crippen LogP contribution >= 0.6 is 15.9 Å². The van der Waals surface area contributed by atoms with Gasteiger partial charge in [-0.1, -0.05) is 28.1 Å². The molecule has 0 bridgehead atoms. The minimum Gasteiger partial charge on any atom is -0.206 e. The number of hydrogen-bond acceptors (Lipinski definition) is 2. The topological polar surface area (TPSA) is 47.6 Å². The molecule has 1 aromatic carbocycles. The number of alkyl halides is 1. The van der Waals surface area contributed by atoms with Crippen LogP contribution in [0.5, 0.6) is 0 Å². The van der Waals surface area contributed by atoms with Crippen LogP contribution in [-0.2, 0) is 5.33 Å². The van der Waals surface area contributed by atoms with Crippen molar-refractivity contribution in [2.45, 2.75) is 5.33 Å². The van der Waals surface area contributed by atoms with E-state index in [-0.39, 0.29) is 11.1 Å². The molecule has 0 spiro atoms. The number of benzene rings is 1. The molecule has 0 fully saturated rings. The van der Waals surface area contributed by atoms with Gasteiger partial charge in [-0.05, 0) is 17.7 Å². The van der Waals surface area contributed by atoms with E-state index in [1.165, 1.54) is 12.1 Å². The van der Waals surface area contributed by atoms with E-state index < -0.39 is 5.82 Å². The van der Waals surface area contributed by atoms with Crippen LogP contribution in [0.3, 0.4) is 0 Å². The molecule has 0 aliphatic rings. The average molecular weight is 265 g/mol. The third-order valence-corrected chi connectivity index (χ3v) is 2.41. The number of nitrogens with zero attached hydrogens (tertiary/aromatic N) is 2. The van der Waals surface area contributed by atoms with Crippen LogP contribution in [0, 0.1) is 28.5 Å². The normalized spacial score (nSPS) is 8.80. The molecule has 0 heterocycles. The first-order valence-corrected chi connectivity index (χ1v) is 5.19. The van der Waals surface area contributed by atoms with Gasteiger partial charge in [-0.25, -0.2) is 4.39 Å². The average Bonchev–Trinajstić information content (AvgIpc) is 2.27. The second-order valence-electron chi connectivity index (χ2n) is 2.77. The zero-order chi connectivity index (χ0) is 11.3. The van der Waals surface area contributed by atoms with Gasteiger partial charge in [0.05, 0.1) is 0 Å². The fraction of sp³-hybridized carbons (Fsp3) is 0.0909. The van der Waals surface area contributed by atoms with Gasteiger partial charge >= 0.3 is 0 Å². The minimum absolute atomic E-state index is 0.111. The van der Waals surface area contributed by atoms with E-state index in [2.05, 4.69) is 15.9 Å². The van der Waals surface area contributed by atoms with Gasteiger partial charge in [-0.2, -0.15) is 10.5 Å². The fourth-order valence-corrected chi connectivity index (χ4v) is 1.36. The molecule has 0 N–H and O–H groups in total. The molecular formula is C11H6BrFN2. The Morgan fingerprint density at radius 1 is 1.40 bits per heavy atom. The molecule has 0 atom stereocenters.